The molecule has 0 unspecified atom stereocenters. The first-order valence-corrected chi connectivity index (χ1v) is 7.79. The molecule has 0 radical (unpaired) electrons. The van der Waals surface area contributed by atoms with Crippen molar-refractivity contribution in [2.24, 2.45) is 0 Å². The summed E-state index contributed by atoms with van der Waals surface area (Å²) in [6, 6.07) is 8.10. The van der Waals surface area contributed by atoms with Gasteiger partial charge in [0.05, 0.1) is 12.7 Å². The summed E-state index contributed by atoms with van der Waals surface area (Å²) >= 11 is 0. The number of carbonyl (C=O) groups excluding carboxylic acids is 1. The SMILES string of the molecule is O=C(CCc1c[nH]c2ccccc12)O[C@H]1CO[C@@H]2CCO[C@H]12. The predicted molar refractivity (Wildman–Crippen MR) is 80.6 cm³/mol. The quantitative estimate of drug-likeness (QED) is 0.880. The minimum atomic E-state index is -0.247. The van der Waals surface area contributed by atoms with Crippen LogP contribution < -0.4 is 0 Å². The number of para-hydroxylation sites is 1. The number of H-pyrrole nitrogens is 1. The number of aromatic nitrogens is 1. The van der Waals surface area contributed by atoms with Gasteiger partial charge in [0.1, 0.15) is 6.10 Å². The Bertz CT molecular complexity index is 680. The smallest absolute Gasteiger partial charge is 0.306 e. The normalized spacial score (nSPS) is 27.2. The predicted octanol–water partition coefficient (Wildman–Crippen LogP) is 2.20. The summed E-state index contributed by atoms with van der Waals surface area (Å²) in [6.07, 6.45) is 3.69. The van der Waals surface area contributed by atoms with E-state index in [9.17, 15) is 4.79 Å². The third-order valence-electron chi connectivity index (χ3n) is 4.48. The zero-order valence-electron chi connectivity index (χ0n) is 12.3. The molecule has 5 nitrogen and oxygen atoms in total. The number of aromatic amines is 1. The van der Waals surface area contributed by atoms with Crippen LogP contribution in [-0.2, 0) is 25.4 Å². The number of hydrogen-bond acceptors (Lipinski definition) is 4. The van der Waals surface area contributed by atoms with Crippen molar-refractivity contribution in [1.29, 1.82) is 0 Å². The van der Waals surface area contributed by atoms with Gasteiger partial charge >= 0.3 is 5.97 Å². The highest BCUT2D eigenvalue weighted by atomic mass is 16.6. The second-order valence-corrected chi connectivity index (χ2v) is 5.88. The van der Waals surface area contributed by atoms with Crippen molar-refractivity contribution in [3.8, 4) is 0 Å². The monoisotopic (exact) mass is 301 g/mol. The average Bonchev–Trinajstić information content (AvgIpc) is 3.22. The molecule has 116 valence electrons. The van der Waals surface area contributed by atoms with Crippen LogP contribution in [0.1, 0.15) is 18.4 Å². The molecular weight excluding hydrogens is 282 g/mol. The molecule has 3 heterocycles. The van der Waals surface area contributed by atoms with Gasteiger partial charge in [0.25, 0.3) is 0 Å². The maximum Gasteiger partial charge on any atom is 0.306 e. The Morgan fingerprint density at radius 2 is 2.23 bits per heavy atom. The molecule has 2 fully saturated rings. The van der Waals surface area contributed by atoms with Gasteiger partial charge in [-0.2, -0.15) is 0 Å². The van der Waals surface area contributed by atoms with Gasteiger partial charge in [-0.05, 0) is 24.5 Å². The molecule has 3 atom stereocenters. The van der Waals surface area contributed by atoms with Crippen LogP contribution in [0.25, 0.3) is 10.9 Å². The molecule has 2 saturated heterocycles. The lowest BCUT2D eigenvalue weighted by Crippen LogP contribution is -2.32. The second kappa shape index (κ2) is 5.74. The lowest BCUT2D eigenvalue weighted by atomic mass is 10.1. The first-order chi connectivity index (χ1) is 10.8. The van der Waals surface area contributed by atoms with E-state index >= 15 is 0 Å². The molecule has 0 bridgehead atoms. The molecular formula is C17H19NO4. The molecule has 4 rings (SSSR count). The van der Waals surface area contributed by atoms with Gasteiger partial charge in [0.2, 0.25) is 0 Å². The highest BCUT2D eigenvalue weighted by Crippen LogP contribution is 2.28. The Morgan fingerprint density at radius 1 is 1.32 bits per heavy atom. The largest absolute Gasteiger partial charge is 0.457 e. The summed E-state index contributed by atoms with van der Waals surface area (Å²) in [5, 5.41) is 1.17. The van der Waals surface area contributed by atoms with Crippen LogP contribution in [0.2, 0.25) is 0 Å². The lowest BCUT2D eigenvalue weighted by Gasteiger charge is -2.16. The summed E-state index contributed by atoms with van der Waals surface area (Å²) in [4.78, 5) is 15.3. The number of rotatable bonds is 4. The van der Waals surface area contributed by atoms with E-state index in [0.29, 0.717) is 26.1 Å². The number of hydrogen-bond donors (Lipinski definition) is 1. The number of esters is 1. The van der Waals surface area contributed by atoms with Crippen LogP contribution in [-0.4, -0.2) is 42.5 Å². The van der Waals surface area contributed by atoms with Crippen molar-refractivity contribution in [3.63, 3.8) is 0 Å². The van der Waals surface area contributed by atoms with E-state index in [4.69, 9.17) is 14.2 Å². The molecule has 2 aliphatic heterocycles. The molecule has 5 heteroatoms. The molecule has 0 amide bonds. The number of aryl methyl sites for hydroxylation is 1. The van der Waals surface area contributed by atoms with Crippen LogP contribution in [0.15, 0.2) is 30.5 Å². The van der Waals surface area contributed by atoms with Crippen molar-refractivity contribution >= 4 is 16.9 Å². The highest BCUT2D eigenvalue weighted by Gasteiger charge is 2.43. The zero-order chi connectivity index (χ0) is 14.9. The Labute approximate surface area is 128 Å². The van der Waals surface area contributed by atoms with E-state index in [1.165, 1.54) is 5.39 Å². The molecule has 2 aromatic rings. The molecule has 1 aromatic heterocycles. The maximum absolute atomic E-state index is 12.1. The van der Waals surface area contributed by atoms with Crippen molar-refractivity contribution in [1.82, 2.24) is 4.98 Å². The summed E-state index contributed by atoms with van der Waals surface area (Å²) in [5.74, 6) is -0.185. The van der Waals surface area contributed by atoms with Gasteiger partial charge in [-0.3, -0.25) is 4.79 Å². The lowest BCUT2D eigenvalue weighted by molar-refractivity contribution is -0.153. The van der Waals surface area contributed by atoms with Gasteiger partial charge in [-0.15, -0.1) is 0 Å². The van der Waals surface area contributed by atoms with Crippen LogP contribution in [0.5, 0.6) is 0 Å². The van der Waals surface area contributed by atoms with Crippen molar-refractivity contribution < 1.29 is 19.0 Å². The molecule has 2 aliphatic rings. The van der Waals surface area contributed by atoms with Gasteiger partial charge in [-0.25, -0.2) is 0 Å². The summed E-state index contributed by atoms with van der Waals surface area (Å²) in [5.41, 5.74) is 2.24. The van der Waals surface area contributed by atoms with Crippen LogP contribution in [0.3, 0.4) is 0 Å². The van der Waals surface area contributed by atoms with Crippen molar-refractivity contribution in [3.05, 3.63) is 36.0 Å². The fourth-order valence-corrected chi connectivity index (χ4v) is 3.33. The first kappa shape index (κ1) is 13.8. The summed E-state index contributed by atoms with van der Waals surface area (Å²) in [7, 11) is 0. The summed E-state index contributed by atoms with van der Waals surface area (Å²) in [6.45, 7) is 1.15. The minimum Gasteiger partial charge on any atom is -0.457 e. The fourth-order valence-electron chi connectivity index (χ4n) is 3.33. The van der Waals surface area contributed by atoms with Crippen molar-refractivity contribution in [2.75, 3.05) is 13.2 Å². The Balaban J connectivity index is 1.35. The highest BCUT2D eigenvalue weighted by molar-refractivity contribution is 5.83. The van der Waals surface area contributed by atoms with E-state index in [-0.39, 0.29) is 24.3 Å². The molecule has 1 aromatic carbocycles. The van der Waals surface area contributed by atoms with E-state index in [0.717, 1.165) is 17.5 Å². The van der Waals surface area contributed by atoms with Crippen molar-refractivity contribution in [2.45, 2.75) is 37.6 Å². The van der Waals surface area contributed by atoms with Crippen LogP contribution in [0.4, 0.5) is 0 Å². The van der Waals surface area contributed by atoms with Gasteiger partial charge in [0.15, 0.2) is 6.10 Å². The topological polar surface area (TPSA) is 60.6 Å². The van der Waals surface area contributed by atoms with E-state index in [1.54, 1.807) is 0 Å². The third kappa shape index (κ3) is 2.51. The first-order valence-electron chi connectivity index (χ1n) is 7.79. The molecule has 0 aliphatic carbocycles. The Kier molecular flexibility index (Phi) is 3.60. The van der Waals surface area contributed by atoms with Crippen LogP contribution >= 0.6 is 0 Å². The average molecular weight is 301 g/mol. The third-order valence-corrected chi connectivity index (χ3v) is 4.48. The zero-order valence-corrected chi connectivity index (χ0v) is 12.3. The second-order valence-electron chi connectivity index (χ2n) is 5.88. The molecule has 0 saturated carbocycles. The minimum absolute atomic E-state index is 0.0722. The Hall–Kier alpha value is -1.85. The number of fused-ring (bicyclic) bond motifs is 2. The summed E-state index contributed by atoms with van der Waals surface area (Å²) < 4.78 is 16.7. The maximum atomic E-state index is 12.1. The molecule has 0 spiro atoms. The van der Waals surface area contributed by atoms with E-state index < -0.39 is 0 Å². The van der Waals surface area contributed by atoms with Gasteiger partial charge in [-0.1, -0.05) is 18.2 Å². The number of carbonyl (C=O) groups is 1. The van der Waals surface area contributed by atoms with Crippen LogP contribution in [0, 0.1) is 0 Å². The van der Waals surface area contributed by atoms with E-state index in [1.807, 2.05) is 24.4 Å². The molecule has 1 N–H and O–H groups in total. The molecule has 22 heavy (non-hydrogen) atoms. The number of benzene rings is 1. The number of ether oxygens (including phenoxy) is 3. The fraction of sp³-hybridized carbons (Fsp3) is 0.471. The Morgan fingerprint density at radius 3 is 3.18 bits per heavy atom. The standard InChI is InChI=1S/C17H19NO4/c19-16(22-15-10-21-14-7-8-20-17(14)15)6-5-11-9-18-13-4-2-1-3-12(11)13/h1-4,9,14-15,17-18H,5-8,10H2/t14-,15+,17+/m1/s1. The van der Waals surface area contributed by atoms with Gasteiger partial charge < -0.3 is 19.2 Å². The number of nitrogens with one attached hydrogen (secondary N) is 1. The van der Waals surface area contributed by atoms with E-state index in [2.05, 4.69) is 11.1 Å². The van der Waals surface area contributed by atoms with Gasteiger partial charge in [0, 0.05) is 30.1 Å².